The number of nitrogens with zero attached hydrogens (tertiary/aromatic N) is 12. The summed E-state index contributed by atoms with van der Waals surface area (Å²) in [7, 11) is 1.65. The fraction of sp³-hybridized carbons (Fsp3) is 0.469. The molecule has 29 nitrogen and oxygen atoms in total. The molecule has 17 rings (SSSR count). The summed E-state index contributed by atoms with van der Waals surface area (Å²) in [6.45, 7) is 23.8. The van der Waals surface area contributed by atoms with Crippen LogP contribution < -0.4 is 43.1 Å². The van der Waals surface area contributed by atoms with E-state index < -0.39 is 38.5 Å². The molecule has 8 aromatic rings. The summed E-state index contributed by atoms with van der Waals surface area (Å²) in [5.74, 6) is 2.16. The second kappa shape index (κ2) is 41.9. The second-order valence-corrected chi connectivity index (χ2v) is 39.2. The van der Waals surface area contributed by atoms with E-state index in [1.165, 1.54) is 38.7 Å². The number of rotatable bonds is 29. The third-order valence-corrected chi connectivity index (χ3v) is 32.0. The highest BCUT2D eigenvalue weighted by atomic mass is 32.2. The van der Waals surface area contributed by atoms with Gasteiger partial charge in [-0.3, -0.25) is 52.9 Å². The number of piperazine rings is 3. The predicted octanol–water partition coefficient (Wildman–Crippen LogP) is 13.3. The first-order chi connectivity index (χ1) is 62.9. The number of amides is 6. The third-order valence-electron chi connectivity index (χ3n) is 27.8. The lowest BCUT2D eigenvalue weighted by atomic mass is 9.86. The van der Waals surface area contributed by atoms with Crippen LogP contribution in [0.4, 0.5) is 17.1 Å². The summed E-state index contributed by atoms with van der Waals surface area (Å²) >= 11 is 1.22. The van der Waals surface area contributed by atoms with Gasteiger partial charge in [0.05, 0.1) is 111 Å². The van der Waals surface area contributed by atoms with Gasteiger partial charge in [0.2, 0.25) is 0 Å². The highest BCUT2D eigenvalue weighted by Crippen LogP contribution is 2.48. The molecule has 7 aromatic carbocycles. The summed E-state index contributed by atoms with van der Waals surface area (Å²) < 4.78 is 95.2. The minimum absolute atomic E-state index is 0.0250. The highest BCUT2D eigenvalue weighted by Gasteiger charge is 2.49. The Morgan fingerprint density at radius 1 is 0.346 bits per heavy atom. The van der Waals surface area contributed by atoms with Gasteiger partial charge in [-0.15, -0.1) is 11.3 Å². The quantitative estimate of drug-likeness (QED) is 0.0337. The van der Waals surface area contributed by atoms with Crippen LogP contribution in [0.1, 0.15) is 181 Å². The van der Waals surface area contributed by atoms with E-state index in [9.17, 15) is 50.2 Å². The van der Waals surface area contributed by atoms with Gasteiger partial charge in [-0.1, -0.05) is 93.6 Å². The molecule has 9 aliphatic rings. The van der Waals surface area contributed by atoms with Crippen molar-refractivity contribution in [2.75, 3.05) is 195 Å². The molecule has 1 aromatic heterocycles. The van der Waals surface area contributed by atoms with Crippen molar-refractivity contribution >= 4 is 84.2 Å². The normalized spacial score (nSPS) is 19.3. The van der Waals surface area contributed by atoms with E-state index >= 15 is 0 Å². The molecular formula is C98H122N12O17S3. The van der Waals surface area contributed by atoms with Crippen molar-refractivity contribution in [2.45, 2.75) is 107 Å². The van der Waals surface area contributed by atoms with E-state index in [4.69, 9.17) is 28.4 Å². The SMILES string of the molecule is CCN1CCN(c2cccc3c2C(=O)N(C(CC2CCN(Cc4ccccc4)CC2)c2ccc(OC)c(OC)c2)C3=O)CC1.CCN1CCN(c2cccc3c2C(=O)N(C(CC2CCN(S(=O)(=O)O)CC2)c2ccc(OC)c(OC)c2)C3=O)CC1.CCN1CCN(c2cccc3c2C(=O)N(C(CC2CCN(S(=O)(=O)c4cccs4)CC2)c2ccc(OC)c(OC)c2)C3=O)CC1. The number of benzene rings is 7. The number of fused-ring (bicyclic) bond motifs is 3. The first-order valence-corrected chi connectivity index (χ1v) is 49.3. The Hall–Kier alpha value is -10.5. The summed E-state index contributed by atoms with van der Waals surface area (Å²) in [4.78, 5) is 106. The summed E-state index contributed by atoms with van der Waals surface area (Å²) in [6.07, 6.45) is 5.97. The molecule has 0 spiro atoms. The molecule has 6 amide bonds. The standard InChI is InChI=1S/C36H44N4O4.C33H40N4O6S2.C29H38N4O7S/c1-4-37-19-21-39(22-20-37)30-12-8-11-29-34(30)36(42)40(35(29)41)31(28-13-14-32(43-2)33(24-28)44-3)23-26-15-17-38(18-16-26)25-27-9-6-5-7-10-27;1-4-34-16-18-35(19-17-34)26-8-5-7-25-31(26)33(39)37(32(25)38)27(24-10-11-28(42-2)29(22-24)43-3)21-23-12-14-36(15-13-23)45(40,41)30-9-6-20-44-30;1-4-30-14-16-31(17-15-30)23-7-5-6-22-27(23)29(35)33(28(22)34)24(21-8-9-25(39-2)26(19-21)40-3)18-20-10-12-32(13-11-20)41(36,37)38/h5-14,24,26,31H,4,15-23,25H2,1-3H3;5-11,20,22-23,27H,4,12-19,21H2,1-3H3;5-9,19-20,24H,4,10-18H2,1-3H3,(H,36,37,38). The van der Waals surface area contributed by atoms with Crippen LogP contribution in [0.25, 0.3) is 0 Å². The first-order valence-electron chi connectivity index (χ1n) is 45.6. The Morgan fingerprint density at radius 3 is 0.969 bits per heavy atom. The Kier molecular flexibility index (Phi) is 30.4. The maximum absolute atomic E-state index is 14.4. The largest absolute Gasteiger partial charge is 0.493 e. The van der Waals surface area contributed by atoms with E-state index in [0.29, 0.717) is 136 Å². The van der Waals surface area contributed by atoms with Crippen LogP contribution in [0.3, 0.4) is 0 Å². The van der Waals surface area contributed by atoms with Crippen molar-refractivity contribution in [3.63, 3.8) is 0 Å². The fourth-order valence-electron chi connectivity index (χ4n) is 20.2. The minimum Gasteiger partial charge on any atom is -0.493 e. The predicted molar refractivity (Wildman–Crippen MR) is 501 cm³/mol. The van der Waals surface area contributed by atoms with E-state index in [1.54, 1.807) is 87.7 Å². The number of carbonyl (C=O) groups is 6. The van der Waals surface area contributed by atoms with Crippen LogP contribution >= 0.6 is 11.3 Å². The molecule has 6 saturated heterocycles. The van der Waals surface area contributed by atoms with Gasteiger partial charge in [0, 0.05) is 111 Å². The zero-order valence-corrected chi connectivity index (χ0v) is 78.4. The maximum atomic E-state index is 14.4. The monoisotopic (exact) mass is 1830 g/mol. The molecule has 32 heteroatoms. The zero-order chi connectivity index (χ0) is 91.7. The van der Waals surface area contributed by atoms with Gasteiger partial charge in [0.15, 0.2) is 34.5 Å². The van der Waals surface area contributed by atoms with Gasteiger partial charge in [0.25, 0.3) is 45.5 Å². The molecule has 3 atom stereocenters. The van der Waals surface area contributed by atoms with Gasteiger partial charge in [-0.05, 0) is 215 Å². The zero-order valence-electron chi connectivity index (χ0n) is 76.0. The van der Waals surface area contributed by atoms with E-state index in [2.05, 4.69) is 85.4 Å². The second-order valence-electron chi connectivity index (χ2n) is 34.7. The van der Waals surface area contributed by atoms with Crippen LogP contribution in [-0.4, -0.2) is 280 Å². The number of likely N-dealkylation sites (tertiary alicyclic amines) is 1. The maximum Gasteiger partial charge on any atom is 0.335 e. The number of methoxy groups -OCH3 is 6. The molecule has 10 heterocycles. The summed E-state index contributed by atoms with van der Waals surface area (Å²) in [5.41, 5.74) is 8.97. The topological polar surface area (TPSA) is 285 Å². The lowest BCUT2D eigenvalue weighted by Crippen LogP contribution is -2.46. The van der Waals surface area contributed by atoms with Gasteiger partial charge in [-0.2, -0.15) is 17.0 Å². The van der Waals surface area contributed by atoms with E-state index in [-0.39, 0.29) is 60.4 Å². The van der Waals surface area contributed by atoms with Crippen molar-refractivity contribution in [2.24, 2.45) is 17.8 Å². The number of imide groups is 3. The third kappa shape index (κ3) is 20.1. The number of sulfonamides is 1. The van der Waals surface area contributed by atoms with Crippen molar-refractivity contribution in [1.29, 1.82) is 0 Å². The van der Waals surface area contributed by atoms with Crippen LogP contribution in [0.2, 0.25) is 0 Å². The lowest BCUT2D eigenvalue weighted by Gasteiger charge is -2.36. The number of anilines is 3. The van der Waals surface area contributed by atoms with Crippen molar-refractivity contribution < 1.29 is 78.6 Å². The van der Waals surface area contributed by atoms with Crippen LogP contribution in [0, 0.1) is 17.8 Å². The van der Waals surface area contributed by atoms with Gasteiger partial charge in [-0.25, -0.2) is 8.42 Å². The van der Waals surface area contributed by atoms with Crippen molar-refractivity contribution in [1.82, 2.24) is 42.9 Å². The van der Waals surface area contributed by atoms with Gasteiger partial charge >= 0.3 is 10.3 Å². The number of piperidine rings is 3. The number of carbonyl (C=O) groups excluding carboxylic acids is 6. The average molecular weight is 1840 g/mol. The summed E-state index contributed by atoms with van der Waals surface area (Å²) in [6, 6.07) is 45.9. The Bertz CT molecular complexity index is 5590. The molecular weight excluding hydrogens is 1710 g/mol. The number of hydrogen-bond donors (Lipinski definition) is 1. The Labute approximate surface area is 768 Å². The van der Waals surface area contributed by atoms with Crippen molar-refractivity contribution in [3.8, 4) is 34.5 Å². The average Bonchev–Trinajstić information content (AvgIpc) is 1.60. The number of likely N-dealkylation sites (N-methyl/N-ethyl adjacent to an activating group) is 3. The summed E-state index contributed by atoms with van der Waals surface area (Å²) in [5, 5.41) is 1.77. The van der Waals surface area contributed by atoms with Gasteiger partial charge < -0.3 is 57.8 Å². The van der Waals surface area contributed by atoms with E-state index in [0.717, 1.165) is 169 Å². The highest BCUT2D eigenvalue weighted by molar-refractivity contribution is 7.91. The van der Waals surface area contributed by atoms with Crippen LogP contribution in [-0.2, 0) is 26.9 Å². The molecule has 130 heavy (non-hydrogen) atoms. The Balaban J connectivity index is 0.000000150. The number of thiophene rings is 1. The molecule has 0 bridgehead atoms. The molecule has 1 N–H and O–H groups in total. The molecule has 6 fully saturated rings. The molecule has 3 unspecified atom stereocenters. The molecule has 0 saturated carbocycles. The fourth-order valence-corrected chi connectivity index (χ4v) is 23.5. The number of ether oxygens (including phenoxy) is 6. The smallest absolute Gasteiger partial charge is 0.335 e. The molecule has 694 valence electrons. The lowest BCUT2D eigenvalue weighted by molar-refractivity contribution is 0.0527. The number of hydrogen-bond acceptors (Lipinski definition) is 24. The van der Waals surface area contributed by atoms with Crippen LogP contribution in [0.5, 0.6) is 34.5 Å². The molecule has 0 radical (unpaired) electrons. The van der Waals surface area contributed by atoms with E-state index in [1.807, 2.05) is 78.9 Å². The van der Waals surface area contributed by atoms with Crippen molar-refractivity contribution in [3.05, 3.63) is 213 Å². The van der Waals surface area contributed by atoms with Gasteiger partial charge in [0.1, 0.15) is 4.21 Å². The van der Waals surface area contributed by atoms with Crippen LogP contribution in [0.15, 0.2) is 161 Å². The first kappa shape index (κ1) is 94.1. The Morgan fingerprint density at radius 2 is 0.669 bits per heavy atom. The molecule has 0 aliphatic carbocycles. The minimum atomic E-state index is -4.26. The molecule has 9 aliphatic heterocycles.